The Balaban J connectivity index is 1.98. The van der Waals surface area contributed by atoms with Crippen LogP contribution in [0, 0.1) is 5.92 Å². The average Bonchev–Trinajstić information content (AvgIpc) is 3.12. The molecule has 1 aliphatic carbocycles. The number of rotatable bonds is 11. The van der Waals surface area contributed by atoms with Gasteiger partial charge in [0.1, 0.15) is 5.60 Å². The van der Waals surface area contributed by atoms with Gasteiger partial charge < -0.3 is 9.47 Å². The number of carbonyl (C=O) groups is 1. The molecule has 1 rings (SSSR count). The zero-order chi connectivity index (χ0) is 14.3. The highest BCUT2D eigenvalue weighted by molar-refractivity contribution is 5.91. The summed E-state index contributed by atoms with van der Waals surface area (Å²) in [6, 6.07) is 0. The van der Waals surface area contributed by atoms with E-state index in [4.69, 9.17) is 9.47 Å². The van der Waals surface area contributed by atoms with Gasteiger partial charge in [0, 0.05) is 19.1 Å². The molecule has 0 N–H and O–H groups in total. The quantitative estimate of drug-likeness (QED) is 0.536. The van der Waals surface area contributed by atoms with E-state index in [1.807, 2.05) is 13.8 Å². The van der Waals surface area contributed by atoms with Crippen LogP contribution in [0.2, 0.25) is 0 Å². The number of hydrogen-bond donors (Lipinski definition) is 0. The van der Waals surface area contributed by atoms with Crippen molar-refractivity contribution in [1.29, 1.82) is 0 Å². The highest BCUT2D eigenvalue weighted by atomic mass is 16.5. The summed E-state index contributed by atoms with van der Waals surface area (Å²) in [4.78, 5) is 12.0. The predicted molar refractivity (Wildman–Crippen MR) is 77.3 cm³/mol. The largest absolute Gasteiger partial charge is 0.379 e. The van der Waals surface area contributed by atoms with E-state index < -0.39 is 5.60 Å². The van der Waals surface area contributed by atoms with Crippen LogP contribution < -0.4 is 0 Å². The van der Waals surface area contributed by atoms with Gasteiger partial charge in [0.25, 0.3) is 0 Å². The monoisotopic (exact) mass is 270 g/mol. The number of unbranched alkanes of at least 4 members (excludes halogenated alkanes) is 3. The summed E-state index contributed by atoms with van der Waals surface area (Å²) in [5.74, 6) is 0.383. The standard InChI is InChI=1S/C16H30O3/c1-13(2)15(17)16(9-10-16)19-12-8-6-5-7-11-18-14(3)4/h13-14H,5-12H2,1-4H3. The minimum atomic E-state index is -0.394. The summed E-state index contributed by atoms with van der Waals surface area (Å²) in [5, 5.41) is 0. The molecule has 1 saturated carbocycles. The molecule has 0 aromatic heterocycles. The normalized spacial score (nSPS) is 17.2. The van der Waals surface area contributed by atoms with Crippen molar-refractivity contribution in [2.75, 3.05) is 13.2 Å². The minimum Gasteiger partial charge on any atom is -0.379 e. The Kier molecular flexibility index (Phi) is 7.01. The Labute approximate surface area is 118 Å². The zero-order valence-electron chi connectivity index (χ0n) is 13.0. The van der Waals surface area contributed by atoms with E-state index in [9.17, 15) is 4.79 Å². The number of ether oxygens (including phenoxy) is 2. The fraction of sp³-hybridized carbons (Fsp3) is 0.938. The summed E-state index contributed by atoms with van der Waals surface area (Å²) in [7, 11) is 0. The summed E-state index contributed by atoms with van der Waals surface area (Å²) in [6.45, 7) is 9.63. The molecule has 1 aliphatic rings. The summed E-state index contributed by atoms with van der Waals surface area (Å²) in [5.41, 5.74) is -0.394. The van der Waals surface area contributed by atoms with Gasteiger partial charge in [0.05, 0.1) is 6.10 Å². The summed E-state index contributed by atoms with van der Waals surface area (Å²) < 4.78 is 11.3. The van der Waals surface area contributed by atoms with Crippen LogP contribution >= 0.6 is 0 Å². The molecule has 0 aromatic rings. The maximum Gasteiger partial charge on any atom is 0.167 e. The molecule has 0 aromatic carbocycles. The second-order valence-corrected chi connectivity index (χ2v) is 6.20. The van der Waals surface area contributed by atoms with Gasteiger partial charge in [0.15, 0.2) is 5.78 Å². The summed E-state index contributed by atoms with van der Waals surface area (Å²) >= 11 is 0. The lowest BCUT2D eigenvalue weighted by molar-refractivity contribution is -0.136. The van der Waals surface area contributed by atoms with Gasteiger partial charge in [-0.2, -0.15) is 0 Å². The van der Waals surface area contributed by atoms with Crippen LogP contribution in [0.3, 0.4) is 0 Å². The molecule has 0 spiro atoms. The van der Waals surface area contributed by atoms with Crippen molar-refractivity contribution < 1.29 is 14.3 Å². The lowest BCUT2D eigenvalue weighted by Crippen LogP contribution is -2.30. The van der Waals surface area contributed by atoms with E-state index >= 15 is 0 Å². The van der Waals surface area contributed by atoms with Crippen molar-refractivity contribution in [3.8, 4) is 0 Å². The maximum atomic E-state index is 12.0. The van der Waals surface area contributed by atoms with Gasteiger partial charge in [-0.15, -0.1) is 0 Å². The molecule has 3 nitrogen and oxygen atoms in total. The zero-order valence-corrected chi connectivity index (χ0v) is 13.0. The topological polar surface area (TPSA) is 35.5 Å². The Morgan fingerprint density at radius 2 is 1.58 bits per heavy atom. The molecule has 3 heteroatoms. The first kappa shape index (κ1) is 16.6. The molecule has 0 radical (unpaired) electrons. The first-order valence-corrected chi connectivity index (χ1v) is 7.78. The maximum absolute atomic E-state index is 12.0. The number of carbonyl (C=O) groups excluding carboxylic acids is 1. The Morgan fingerprint density at radius 3 is 2.05 bits per heavy atom. The van der Waals surface area contributed by atoms with Crippen molar-refractivity contribution in [3.63, 3.8) is 0 Å². The molecule has 0 atom stereocenters. The third-order valence-electron chi connectivity index (χ3n) is 3.55. The lowest BCUT2D eigenvalue weighted by Gasteiger charge is -2.17. The van der Waals surface area contributed by atoms with Crippen molar-refractivity contribution in [2.24, 2.45) is 5.92 Å². The molecule has 0 heterocycles. The first-order valence-electron chi connectivity index (χ1n) is 7.78. The van der Waals surface area contributed by atoms with Crippen molar-refractivity contribution >= 4 is 5.78 Å². The smallest absolute Gasteiger partial charge is 0.167 e. The van der Waals surface area contributed by atoms with Crippen LogP contribution in [-0.4, -0.2) is 30.7 Å². The number of Topliss-reactive ketones (excluding diaryl/α,β-unsaturated/α-hetero) is 1. The van der Waals surface area contributed by atoms with E-state index in [-0.39, 0.29) is 11.7 Å². The molecule has 1 fully saturated rings. The average molecular weight is 270 g/mol. The van der Waals surface area contributed by atoms with Crippen LogP contribution in [-0.2, 0) is 14.3 Å². The molecule has 0 unspecified atom stereocenters. The lowest BCUT2D eigenvalue weighted by atomic mass is 10.0. The molecule has 0 amide bonds. The van der Waals surface area contributed by atoms with E-state index in [1.165, 1.54) is 6.42 Å². The van der Waals surface area contributed by atoms with Gasteiger partial charge >= 0.3 is 0 Å². The second-order valence-electron chi connectivity index (χ2n) is 6.20. The second kappa shape index (κ2) is 8.01. The Bertz CT molecular complexity index is 267. The molecule has 112 valence electrons. The highest BCUT2D eigenvalue weighted by Crippen LogP contribution is 2.42. The molecule has 0 bridgehead atoms. The molecule has 19 heavy (non-hydrogen) atoms. The third-order valence-corrected chi connectivity index (χ3v) is 3.55. The van der Waals surface area contributed by atoms with Crippen molar-refractivity contribution in [3.05, 3.63) is 0 Å². The van der Waals surface area contributed by atoms with E-state index in [1.54, 1.807) is 0 Å². The molecule has 0 aliphatic heterocycles. The van der Waals surface area contributed by atoms with Crippen LogP contribution in [0.5, 0.6) is 0 Å². The first-order chi connectivity index (χ1) is 8.98. The summed E-state index contributed by atoms with van der Waals surface area (Å²) in [6.07, 6.45) is 6.69. The van der Waals surface area contributed by atoms with Crippen molar-refractivity contribution in [2.45, 2.75) is 77.9 Å². The number of hydrogen-bond acceptors (Lipinski definition) is 3. The van der Waals surface area contributed by atoms with Gasteiger partial charge in [-0.1, -0.05) is 26.7 Å². The van der Waals surface area contributed by atoms with Crippen molar-refractivity contribution in [1.82, 2.24) is 0 Å². The Morgan fingerprint density at radius 1 is 1.00 bits per heavy atom. The van der Waals surface area contributed by atoms with Crippen LogP contribution in [0.4, 0.5) is 0 Å². The minimum absolute atomic E-state index is 0.0932. The van der Waals surface area contributed by atoms with Crippen LogP contribution in [0.1, 0.15) is 66.2 Å². The predicted octanol–water partition coefficient (Wildman–Crippen LogP) is 3.75. The van der Waals surface area contributed by atoms with Gasteiger partial charge in [-0.3, -0.25) is 4.79 Å². The van der Waals surface area contributed by atoms with E-state index in [0.717, 1.165) is 45.3 Å². The third kappa shape index (κ3) is 6.05. The molecular formula is C16H30O3. The molecule has 0 saturated heterocycles. The van der Waals surface area contributed by atoms with Crippen LogP contribution in [0.25, 0.3) is 0 Å². The van der Waals surface area contributed by atoms with E-state index in [2.05, 4.69) is 13.8 Å². The van der Waals surface area contributed by atoms with Gasteiger partial charge in [-0.05, 0) is 39.5 Å². The van der Waals surface area contributed by atoms with E-state index in [0.29, 0.717) is 6.10 Å². The highest BCUT2D eigenvalue weighted by Gasteiger charge is 2.51. The Hall–Kier alpha value is -0.410. The van der Waals surface area contributed by atoms with Gasteiger partial charge in [-0.25, -0.2) is 0 Å². The fourth-order valence-corrected chi connectivity index (χ4v) is 2.25. The SMILES string of the molecule is CC(C)OCCCCCCOC1(C(=O)C(C)C)CC1. The fourth-order valence-electron chi connectivity index (χ4n) is 2.25. The number of ketones is 1. The molecular weight excluding hydrogens is 240 g/mol. The van der Waals surface area contributed by atoms with Gasteiger partial charge in [0.2, 0.25) is 0 Å². The van der Waals surface area contributed by atoms with Crippen LogP contribution in [0.15, 0.2) is 0 Å².